The fraction of sp³-hybridized carbons (Fsp3) is 0.286. The van der Waals surface area contributed by atoms with Crippen molar-refractivity contribution in [3.63, 3.8) is 0 Å². The first-order chi connectivity index (χ1) is 10.8. The second kappa shape index (κ2) is 6.89. The number of para-hydroxylation sites is 1. The van der Waals surface area contributed by atoms with E-state index in [1.807, 2.05) is 48.9 Å². The largest absolute Gasteiger partial charge is 0.486 e. The number of hydrogen-bond donors (Lipinski definition) is 0. The highest BCUT2D eigenvalue weighted by Crippen LogP contribution is 2.27. The van der Waals surface area contributed by atoms with Gasteiger partial charge in [-0.1, -0.05) is 25.1 Å². The molecule has 22 heavy (non-hydrogen) atoms. The smallest absolute Gasteiger partial charge is 0.198 e. The minimum absolute atomic E-state index is 0.379. The van der Waals surface area contributed by atoms with Gasteiger partial charge in [0.05, 0.1) is 0 Å². The van der Waals surface area contributed by atoms with Crippen molar-refractivity contribution in [1.82, 2.24) is 24.1 Å². The van der Waals surface area contributed by atoms with Crippen molar-refractivity contribution in [2.75, 3.05) is 0 Å². The summed E-state index contributed by atoms with van der Waals surface area (Å²) >= 11 is 2.86. The number of benzene rings is 1. The fourth-order valence-electron chi connectivity index (χ4n) is 1.73. The van der Waals surface area contributed by atoms with Crippen molar-refractivity contribution in [2.45, 2.75) is 29.4 Å². The Labute approximate surface area is 136 Å². The Morgan fingerprint density at radius 2 is 2.05 bits per heavy atom. The quantitative estimate of drug-likeness (QED) is 0.691. The Morgan fingerprint density at radius 1 is 1.23 bits per heavy atom. The van der Waals surface area contributed by atoms with Crippen LogP contribution in [0.5, 0.6) is 5.75 Å². The first-order valence-electron chi connectivity index (χ1n) is 6.83. The van der Waals surface area contributed by atoms with E-state index < -0.39 is 0 Å². The van der Waals surface area contributed by atoms with Crippen molar-refractivity contribution in [1.29, 1.82) is 0 Å². The third-order valence-electron chi connectivity index (χ3n) is 2.98. The molecule has 3 rings (SSSR count). The van der Waals surface area contributed by atoms with Crippen LogP contribution < -0.4 is 4.74 Å². The molecule has 0 radical (unpaired) electrons. The maximum Gasteiger partial charge on any atom is 0.198 e. The Kier molecular flexibility index (Phi) is 4.69. The summed E-state index contributed by atoms with van der Waals surface area (Å²) in [5, 5.41) is 9.15. The molecule has 114 valence electrons. The van der Waals surface area contributed by atoms with E-state index in [-0.39, 0.29) is 0 Å². The predicted octanol–water partition coefficient (Wildman–Crippen LogP) is 2.96. The van der Waals surface area contributed by atoms with Crippen LogP contribution in [0, 0.1) is 0 Å². The summed E-state index contributed by atoms with van der Waals surface area (Å²) in [7, 11) is 1.92. The maximum atomic E-state index is 5.70. The summed E-state index contributed by atoms with van der Waals surface area (Å²) in [5.41, 5.74) is 0. The molecule has 2 aromatic heterocycles. The van der Waals surface area contributed by atoms with Gasteiger partial charge in [-0.05, 0) is 35.4 Å². The molecule has 0 unspecified atom stereocenters. The maximum absolute atomic E-state index is 5.70. The Hall–Kier alpha value is -1.93. The topological polar surface area (TPSA) is 65.7 Å². The Balaban J connectivity index is 1.66. The summed E-state index contributed by atoms with van der Waals surface area (Å²) in [4.78, 5) is 4.43. The number of aromatic nitrogens is 5. The van der Waals surface area contributed by atoms with E-state index in [9.17, 15) is 0 Å². The standard InChI is InChI=1S/C14H15N5OS2/c1-3-11-15-14(22-18-11)21-13-17-16-12(19(13)2)9-20-10-7-5-4-6-8-10/h4-8H,3,9H2,1-2H3. The summed E-state index contributed by atoms with van der Waals surface area (Å²) in [6.07, 6.45) is 0.839. The zero-order valence-corrected chi connectivity index (χ0v) is 13.9. The molecule has 0 fully saturated rings. The normalized spacial score (nSPS) is 10.8. The predicted molar refractivity (Wildman–Crippen MR) is 85.2 cm³/mol. The molecule has 8 heteroatoms. The molecular weight excluding hydrogens is 318 g/mol. The van der Waals surface area contributed by atoms with E-state index in [1.54, 1.807) is 0 Å². The second-order valence-electron chi connectivity index (χ2n) is 4.49. The second-order valence-corrected chi connectivity index (χ2v) is 6.46. The number of aryl methyl sites for hydroxylation is 1. The van der Waals surface area contributed by atoms with Crippen molar-refractivity contribution in [3.05, 3.63) is 42.0 Å². The lowest BCUT2D eigenvalue weighted by Gasteiger charge is -2.05. The third-order valence-corrected chi connectivity index (χ3v) is 4.81. The molecule has 0 spiro atoms. The van der Waals surface area contributed by atoms with Crippen molar-refractivity contribution in [2.24, 2.45) is 7.05 Å². The van der Waals surface area contributed by atoms with Crippen LogP contribution in [-0.4, -0.2) is 24.1 Å². The van der Waals surface area contributed by atoms with Gasteiger partial charge in [-0.25, -0.2) is 4.98 Å². The van der Waals surface area contributed by atoms with Gasteiger partial charge >= 0.3 is 0 Å². The molecule has 3 aromatic rings. The van der Waals surface area contributed by atoms with E-state index in [0.29, 0.717) is 6.61 Å². The van der Waals surface area contributed by atoms with E-state index in [4.69, 9.17) is 4.74 Å². The van der Waals surface area contributed by atoms with Gasteiger partial charge in [0, 0.05) is 13.5 Å². The molecule has 0 aliphatic rings. The van der Waals surface area contributed by atoms with Gasteiger partial charge in [-0.3, -0.25) is 0 Å². The molecule has 0 saturated carbocycles. The molecule has 0 amide bonds. The lowest BCUT2D eigenvalue weighted by molar-refractivity contribution is 0.290. The molecule has 0 aliphatic heterocycles. The summed E-state index contributed by atoms with van der Waals surface area (Å²) in [6, 6.07) is 9.66. The van der Waals surface area contributed by atoms with Gasteiger partial charge in [0.25, 0.3) is 0 Å². The molecule has 0 bridgehead atoms. The third kappa shape index (κ3) is 3.45. The summed E-state index contributed by atoms with van der Waals surface area (Å²) in [6.45, 7) is 2.42. The van der Waals surface area contributed by atoms with Crippen LogP contribution in [-0.2, 0) is 20.1 Å². The average Bonchev–Trinajstić information content (AvgIpc) is 3.15. The minimum atomic E-state index is 0.379. The first-order valence-corrected chi connectivity index (χ1v) is 8.41. The SMILES string of the molecule is CCc1nsc(Sc2nnc(COc3ccccc3)n2C)n1. The van der Waals surface area contributed by atoms with Crippen LogP contribution in [0.25, 0.3) is 0 Å². The zero-order chi connectivity index (χ0) is 15.4. The lowest BCUT2D eigenvalue weighted by Crippen LogP contribution is -2.04. The van der Waals surface area contributed by atoms with E-state index in [2.05, 4.69) is 19.6 Å². The van der Waals surface area contributed by atoms with Crippen LogP contribution >= 0.6 is 23.3 Å². The molecule has 0 atom stereocenters. The van der Waals surface area contributed by atoms with Crippen LogP contribution in [0.1, 0.15) is 18.6 Å². The molecule has 6 nitrogen and oxygen atoms in total. The van der Waals surface area contributed by atoms with Gasteiger partial charge < -0.3 is 9.30 Å². The van der Waals surface area contributed by atoms with Crippen LogP contribution in [0.2, 0.25) is 0 Å². The Bertz CT molecular complexity index is 741. The van der Waals surface area contributed by atoms with Crippen molar-refractivity contribution in [3.8, 4) is 5.75 Å². The average molecular weight is 333 g/mol. The molecular formula is C14H15N5OS2. The molecule has 2 heterocycles. The van der Waals surface area contributed by atoms with Gasteiger partial charge in [-0.15, -0.1) is 10.2 Å². The van der Waals surface area contributed by atoms with Crippen LogP contribution in [0.4, 0.5) is 0 Å². The van der Waals surface area contributed by atoms with Crippen molar-refractivity contribution < 1.29 is 4.74 Å². The zero-order valence-electron chi connectivity index (χ0n) is 12.3. The minimum Gasteiger partial charge on any atom is -0.486 e. The molecule has 0 aliphatic carbocycles. The first kappa shape index (κ1) is 15.0. The number of ether oxygens (including phenoxy) is 1. The monoisotopic (exact) mass is 333 g/mol. The fourth-order valence-corrected chi connectivity index (χ4v) is 3.34. The highest BCUT2D eigenvalue weighted by atomic mass is 32.2. The van der Waals surface area contributed by atoms with Gasteiger partial charge in [0.15, 0.2) is 15.3 Å². The molecule has 0 N–H and O–H groups in total. The number of hydrogen-bond acceptors (Lipinski definition) is 7. The van der Waals surface area contributed by atoms with E-state index >= 15 is 0 Å². The number of nitrogens with zero attached hydrogens (tertiary/aromatic N) is 5. The highest BCUT2D eigenvalue weighted by Gasteiger charge is 2.13. The summed E-state index contributed by atoms with van der Waals surface area (Å²) < 4.78 is 12.8. The van der Waals surface area contributed by atoms with Crippen LogP contribution in [0.15, 0.2) is 39.8 Å². The van der Waals surface area contributed by atoms with Gasteiger partial charge in [0.1, 0.15) is 18.2 Å². The number of rotatable bonds is 6. The summed E-state index contributed by atoms with van der Waals surface area (Å²) in [5.74, 6) is 2.45. The van der Waals surface area contributed by atoms with Crippen molar-refractivity contribution >= 4 is 23.3 Å². The van der Waals surface area contributed by atoms with Gasteiger partial charge in [-0.2, -0.15) is 4.37 Å². The Morgan fingerprint density at radius 3 is 2.77 bits per heavy atom. The molecule has 1 aromatic carbocycles. The van der Waals surface area contributed by atoms with E-state index in [1.165, 1.54) is 23.3 Å². The molecule has 0 saturated heterocycles. The van der Waals surface area contributed by atoms with Crippen LogP contribution in [0.3, 0.4) is 0 Å². The lowest BCUT2D eigenvalue weighted by atomic mass is 10.3. The van der Waals surface area contributed by atoms with E-state index in [0.717, 1.165) is 33.3 Å². The highest BCUT2D eigenvalue weighted by molar-refractivity contribution is 8.00. The van der Waals surface area contributed by atoms with Gasteiger partial charge in [0.2, 0.25) is 0 Å².